The Bertz CT molecular complexity index is 633. The van der Waals surface area contributed by atoms with E-state index in [-0.39, 0.29) is 5.75 Å². The van der Waals surface area contributed by atoms with E-state index < -0.39 is 0 Å². The van der Waals surface area contributed by atoms with Gasteiger partial charge in [0.05, 0.1) is 10.7 Å². The fraction of sp³-hybridized carbons (Fsp3) is 0.412. The van der Waals surface area contributed by atoms with E-state index in [0.29, 0.717) is 6.54 Å². The number of thioether (sulfide) groups is 1. The van der Waals surface area contributed by atoms with Crippen molar-refractivity contribution in [3.05, 3.63) is 41.1 Å². The summed E-state index contributed by atoms with van der Waals surface area (Å²) in [4.78, 5) is 4.54. The molecule has 0 aromatic heterocycles. The molecule has 1 aliphatic carbocycles. The predicted octanol–water partition coefficient (Wildman–Crippen LogP) is 3.80. The Morgan fingerprint density at radius 2 is 2.08 bits per heavy atom. The summed E-state index contributed by atoms with van der Waals surface area (Å²) in [5.41, 5.74) is 4.26. The van der Waals surface area contributed by atoms with Crippen molar-refractivity contribution in [2.75, 3.05) is 19.3 Å². The number of thiocarbonyl (C=S) groups is 1. The Balaban J connectivity index is 0.00000139. The molecule has 0 fully saturated rings. The van der Waals surface area contributed by atoms with Crippen LogP contribution in [0.1, 0.15) is 31.7 Å². The van der Waals surface area contributed by atoms with Gasteiger partial charge in [-0.15, -0.1) is 11.8 Å². The van der Waals surface area contributed by atoms with Gasteiger partial charge < -0.3 is 10.4 Å². The van der Waals surface area contributed by atoms with Crippen molar-refractivity contribution in [1.29, 1.82) is 0 Å². The molecule has 0 bridgehead atoms. The number of phenolic OH excluding ortho intramolecular Hbond substituents is 1. The third-order valence-electron chi connectivity index (χ3n) is 3.74. The first-order valence-electron chi connectivity index (χ1n) is 7.62. The Kier molecular flexibility index (Phi) is 10.3. The number of hydrogen-bond acceptors (Lipinski definition) is 6. The van der Waals surface area contributed by atoms with E-state index in [4.69, 9.17) is 15.7 Å². The van der Waals surface area contributed by atoms with Gasteiger partial charge in [0.1, 0.15) is 5.75 Å². The summed E-state index contributed by atoms with van der Waals surface area (Å²) >= 11 is 7.95. The summed E-state index contributed by atoms with van der Waals surface area (Å²) in [6.45, 7) is 3.40. The average Bonchev–Trinajstić information content (AvgIpc) is 3.08. The molecular weight excluding hydrogens is 427 g/mol. The molecule has 0 heterocycles. The number of rotatable bonds is 6. The number of phenols is 1. The normalized spacial score (nSPS) is 14.2. The summed E-state index contributed by atoms with van der Waals surface area (Å²) in [5, 5.41) is 13.3. The zero-order valence-corrected chi connectivity index (χ0v) is 17.3. The molecule has 0 radical (unpaired) electrons. The molecule has 0 spiro atoms. The molecule has 0 saturated carbocycles. The molecule has 1 aromatic carbocycles. The Hall–Kier alpha value is -0.881. The summed E-state index contributed by atoms with van der Waals surface area (Å²) in [6, 6.07) is 7.30. The van der Waals surface area contributed by atoms with Crippen LogP contribution in [0.4, 0.5) is 0 Å². The van der Waals surface area contributed by atoms with E-state index in [2.05, 4.69) is 10.3 Å². The maximum absolute atomic E-state index is 9.81. The molecule has 2 N–H and O–H groups in total. The van der Waals surface area contributed by atoms with Crippen molar-refractivity contribution in [1.82, 2.24) is 5.32 Å². The summed E-state index contributed by atoms with van der Waals surface area (Å²) < 4.78 is 9.23. The fourth-order valence-electron chi connectivity index (χ4n) is 2.58. The first-order valence-corrected chi connectivity index (χ1v) is 10.0. The number of benzene rings is 1. The minimum absolute atomic E-state index is 0.280. The summed E-state index contributed by atoms with van der Waals surface area (Å²) in [5.74, 6) is 0.280. The van der Waals surface area contributed by atoms with Crippen LogP contribution in [0.3, 0.4) is 0 Å². The molecule has 0 amide bonds. The maximum atomic E-state index is 9.81. The second kappa shape index (κ2) is 11.6. The van der Waals surface area contributed by atoms with Crippen molar-refractivity contribution in [3.63, 3.8) is 0 Å². The van der Waals surface area contributed by atoms with Gasteiger partial charge in [0.25, 0.3) is 0 Å². The van der Waals surface area contributed by atoms with Crippen LogP contribution in [-0.4, -0.2) is 34.4 Å². The van der Waals surface area contributed by atoms with Crippen molar-refractivity contribution >= 4 is 33.9 Å². The molecule has 1 aromatic rings. The van der Waals surface area contributed by atoms with Gasteiger partial charge in [0.2, 0.25) is 0 Å². The molecule has 131 valence electrons. The van der Waals surface area contributed by atoms with Crippen molar-refractivity contribution in [2.24, 2.45) is 4.99 Å². The summed E-state index contributed by atoms with van der Waals surface area (Å²) in [6.07, 6.45) is 5.38. The zero-order valence-electron chi connectivity index (χ0n) is 13.8. The van der Waals surface area contributed by atoms with Gasteiger partial charge in [-0.3, -0.25) is 4.99 Å². The van der Waals surface area contributed by atoms with Crippen LogP contribution in [0.2, 0.25) is 0 Å². The van der Waals surface area contributed by atoms with E-state index in [1.54, 1.807) is 17.8 Å². The van der Waals surface area contributed by atoms with E-state index in [9.17, 15) is 5.11 Å². The molecule has 0 aliphatic heterocycles. The Labute approximate surface area is 163 Å². The molecule has 0 atom stereocenters. The predicted molar refractivity (Wildman–Crippen MR) is 101 cm³/mol. The monoisotopic (exact) mass is 449 g/mol. The number of nitrogens with one attached hydrogen (secondary N) is 1. The molecule has 1 aliphatic rings. The van der Waals surface area contributed by atoms with Crippen LogP contribution in [0.5, 0.6) is 5.75 Å². The average molecular weight is 449 g/mol. The zero-order chi connectivity index (χ0) is 17.9. The Morgan fingerprint density at radius 1 is 1.38 bits per heavy atom. The third kappa shape index (κ3) is 6.20. The van der Waals surface area contributed by atoms with Gasteiger partial charge in [-0.2, -0.15) is 0 Å². The van der Waals surface area contributed by atoms with Crippen molar-refractivity contribution < 1.29 is 27.5 Å². The van der Waals surface area contributed by atoms with Gasteiger partial charge in [-0.05, 0) is 50.1 Å². The number of nitrogens with zero attached hydrogens (tertiary/aromatic N) is 1. The number of aromatic hydroxyl groups is 1. The molecule has 4 nitrogen and oxygen atoms in total. The second-order valence-corrected chi connectivity index (χ2v) is 6.70. The topological polar surface area (TPSA) is 61.7 Å². The molecule has 7 heteroatoms. The van der Waals surface area contributed by atoms with Gasteiger partial charge in [-0.25, -0.2) is 0 Å². The fourth-order valence-corrected chi connectivity index (χ4v) is 3.28. The molecule has 2 rings (SSSR count). The van der Waals surface area contributed by atoms with Crippen LogP contribution in [0.15, 0.2) is 40.5 Å². The van der Waals surface area contributed by atoms with Crippen molar-refractivity contribution in [3.8, 4) is 5.75 Å². The van der Waals surface area contributed by atoms with Crippen LogP contribution in [0, 0.1) is 0 Å². The molecular formula is C17H22N2O2S2Tc. The van der Waals surface area contributed by atoms with Gasteiger partial charge in [-0.1, -0.05) is 24.4 Å². The SMILES string of the molecule is CSC(=S)C1=C(NCCN=C(C)c2ccccc2O)CCC1.[O]=[99Tc]. The van der Waals surface area contributed by atoms with E-state index in [1.807, 2.05) is 31.4 Å². The van der Waals surface area contributed by atoms with Gasteiger partial charge >= 0.3 is 22.4 Å². The van der Waals surface area contributed by atoms with Crippen molar-refractivity contribution in [2.45, 2.75) is 26.2 Å². The standard InChI is InChI=1S/C17H22N2OS2.O.Tc/c1-12(13-6-3-4-9-16(13)20)18-10-11-19-15-8-5-7-14(15)17(21)22-2;;/h3-4,6,9,19-20H,5,7-8,10-11H2,1-2H3;;/i;;1+1. The van der Waals surface area contributed by atoms with E-state index >= 15 is 0 Å². The van der Waals surface area contributed by atoms with E-state index in [0.717, 1.165) is 53.7 Å². The third-order valence-corrected chi connectivity index (χ3v) is 5.11. The number of para-hydroxylation sites is 1. The second-order valence-electron chi connectivity index (χ2n) is 5.21. The summed E-state index contributed by atoms with van der Waals surface area (Å²) in [7, 11) is 0. The van der Waals surface area contributed by atoms with Crippen LogP contribution in [-0.2, 0) is 22.4 Å². The quantitative estimate of drug-likeness (QED) is 0.393. The first-order chi connectivity index (χ1) is 11.6. The minimum atomic E-state index is 0.280. The van der Waals surface area contributed by atoms with Crippen LogP contribution < -0.4 is 5.32 Å². The first kappa shape index (κ1) is 21.2. The molecule has 24 heavy (non-hydrogen) atoms. The molecule has 0 saturated heterocycles. The number of allylic oxidation sites excluding steroid dienone is 1. The van der Waals surface area contributed by atoms with E-state index in [1.165, 1.54) is 17.7 Å². The number of aliphatic imine (C=N–C) groups is 1. The van der Waals surface area contributed by atoms with Crippen LogP contribution >= 0.6 is 24.0 Å². The number of hydrogen-bond donors (Lipinski definition) is 2. The molecule has 0 unspecified atom stereocenters. The van der Waals surface area contributed by atoms with Gasteiger partial charge in [0.15, 0.2) is 0 Å². The van der Waals surface area contributed by atoms with Crippen LogP contribution in [0.25, 0.3) is 0 Å². The van der Waals surface area contributed by atoms with Gasteiger partial charge in [0, 0.05) is 23.5 Å². The Morgan fingerprint density at radius 3 is 2.75 bits per heavy atom.